The molecule has 1 fully saturated rings. The van der Waals surface area contributed by atoms with Crippen LogP contribution in [0.1, 0.15) is 23.5 Å². The highest BCUT2D eigenvalue weighted by Crippen LogP contribution is 2.54. The highest BCUT2D eigenvalue weighted by atomic mass is 32.2. The Labute approximate surface area is 147 Å². The van der Waals surface area contributed by atoms with Crippen LogP contribution in [-0.2, 0) is 16.3 Å². The molecule has 1 saturated carbocycles. The zero-order valence-electron chi connectivity index (χ0n) is 13.9. The molecule has 2 aliphatic rings. The van der Waals surface area contributed by atoms with Crippen molar-refractivity contribution in [3.63, 3.8) is 0 Å². The number of sulfone groups is 1. The summed E-state index contributed by atoms with van der Waals surface area (Å²) in [5.74, 6) is 0.941. The lowest BCUT2D eigenvalue weighted by molar-refractivity contribution is 0.251. The second-order valence-electron chi connectivity index (χ2n) is 6.85. The number of amides is 2. The summed E-state index contributed by atoms with van der Waals surface area (Å²) >= 11 is 0. The smallest absolute Gasteiger partial charge is 0.319 e. The van der Waals surface area contributed by atoms with E-state index in [1.165, 1.54) is 23.3 Å². The van der Waals surface area contributed by atoms with Crippen molar-refractivity contribution in [1.82, 2.24) is 5.32 Å². The van der Waals surface area contributed by atoms with Crippen molar-refractivity contribution in [3.8, 4) is 0 Å². The monoisotopic (exact) mass is 356 g/mol. The van der Waals surface area contributed by atoms with E-state index in [2.05, 4.69) is 34.9 Å². The molecule has 130 valence electrons. The first-order valence-corrected chi connectivity index (χ1v) is 10.3. The van der Waals surface area contributed by atoms with Gasteiger partial charge in [-0.3, -0.25) is 0 Å². The number of hydrogen-bond donors (Lipinski definition) is 2. The maximum atomic E-state index is 12.3. The maximum Gasteiger partial charge on any atom is 0.319 e. The normalized spacial score (nSPS) is 24.0. The summed E-state index contributed by atoms with van der Waals surface area (Å²) < 4.78 is 22.9. The summed E-state index contributed by atoms with van der Waals surface area (Å²) in [6.45, 7) is 0. The fourth-order valence-corrected chi connectivity index (χ4v) is 4.50. The van der Waals surface area contributed by atoms with E-state index in [4.69, 9.17) is 0 Å². The first-order chi connectivity index (χ1) is 11.9. The van der Waals surface area contributed by atoms with Crippen molar-refractivity contribution in [2.24, 2.45) is 5.92 Å². The number of aryl methyl sites for hydroxylation is 1. The summed E-state index contributed by atoms with van der Waals surface area (Å²) in [7, 11) is -3.23. The van der Waals surface area contributed by atoms with Crippen LogP contribution in [0.2, 0.25) is 0 Å². The molecule has 2 amide bonds. The van der Waals surface area contributed by atoms with Crippen LogP contribution in [0.3, 0.4) is 0 Å². The van der Waals surface area contributed by atoms with E-state index in [1.54, 1.807) is 12.1 Å². The van der Waals surface area contributed by atoms with Gasteiger partial charge in [0.25, 0.3) is 0 Å². The third kappa shape index (κ3) is 3.14. The van der Waals surface area contributed by atoms with Crippen molar-refractivity contribution in [2.45, 2.75) is 29.7 Å². The highest BCUT2D eigenvalue weighted by molar-refractivity contribution is 7.90. The highest BCUT2D eigenvalue weighted by Gasteiger charge is 2.53. The van der Waals surface area contributed by atoms with Gasteiger partial charge in [-0.05, 0) is 54.2 Å². The van der Waals surface area contributed by atoms with Gasteiger partial charge in [-0.1, -0.05) is 24.3 Å². The van der Waals surface area contributed by atoms with Crippen LogP contribution in [-0.4, -0.2) is 26.7 Å². The van der Waals surface area contributed by atoms with E-state index in [-0.39, 0.29) is 17.0 Å². The average molecular weight is 356 g/mol. The molecule has 2 N–H and O–H groups in total. The number of anilines is 1. The Morgan fingerprint density at radius 3 is 2.52 bits per heavy atom. The van der Waals surface area contributed by atoms with Gasteiger partial charge in [-0.15, -0.1) is 0 Å². The predicted molar refractivity (Wildman–Crippen MR) is 96.5 cm³/mol. The lowest BCUT2D eigenvalue weighted by atomic mass is 9.92. The molecule has 4 rings (SSSR count). The fourth-order valence-electron chi connectivity index (χ4n) is 3.87. The van der Waals surface area contributed by atoms with Crippen LogP contribution in [0, 0.1) is 5.92 Å². The molecule has 3 unspecified atom stereocenters. The summed E-state index contributed by atoms with van der Waals surface area (Å²) in [6.07, 6.45) is 3.34. The minimum atomic E-state index is -3.23. The van der Waals surface area contributed by atoms with Gasteiger partial charge >= 0.3 is 6.03 Å². The van der Waals surface area contributed by atoms with Crippen LogP contribution < -0.4 is 10.6 Å². The Bertz CT molecular complexity index is 922. The van der Waals surface area contributed by atoms with Crippen molar-refractivity contribution in [1.29, 1.82) is 0 Å². The SMILES string of the molecule is CS(=O)(=O)c1ccc(NC(=O)NC2C3CCc4ccccc4C32)cc1. The number of carbonyl (C=O) groups is 1. The molecular weight excluding hydrogens is 336 g/mol. The Morgan fingerprint density at radius 2 is 1.80 bits per heavy atom. The molecule has 0 aliphatic heterocycles. The number of nitrogens with one attached hydrogen (secondary N) is 2. The van der Waals surface area contributed by atoms with Gasteiger partial charge in [0, 0.05) is 23.9 Å². The molecule has 6 heteroatoms. The summed E-state index contributed by atoms with van der Waals surface area (Å²) in [5.41, 5.74) is 3.33. The third-order valence-electron chi connectivity index (χ3n) is 5.17. The van der Waals surface area contributed by atoms with Crippen molar-refractivity contribution >= 4 is 21.6 Å². The Kier molecular flexibility index (Phi) is 3.80. The molecule has 0 bridgehead atoms. The molecule has 2 aromatic rings. The number of carbonyl (C=O) groups excluding carboxylic acids is 1. The van der Waals surface area contributed by atoms with E-state index in [9.17, 15) is 13.2 Å². The summed E-state index contributed by atoms with van der Waals surface area (Å²) in [6, 6.07) is 14.6. The van der Waals surface area contributed by atoms with E-state index in [0.717, 1.165) is 19.1 Å². The molecule has 25 heavy (non-hydrogen) atoms. The number of rotatable bonds is 3. The molecule has 5 nitrogen and oxygen atoms in total. The lowest BCUT2D eigenvalue weighted by Gasteiger charge is -2.13. The number of hydrogen-bond acceptors (Lipinski definition) is 3. The Morgan fingerprint density at radius 1 is 1.08 bits per heavy atom. The van der Waals surface area contributed by atoms with E-state index < -0.39 is 9.84 Å². The Balaban J connectivity index is 1.39. The topological polar surface area (TPSA) is 75.3 Å². The zero-order chi connectivity index (χ0) is 17.6. The molecule has 0 heterocycles. The van der Waals surface area contributed by atoms with E-state index in [0.29, 0.717) is 17.5 Å². The van der Waals surface area contributed by atoms with Crippen molar-refractivity contribution in [3.05, 3.63) is 59.7 Å². The van der Waals surface area contributed by atoms with E-state index in [1.807, 2.05) is 0 Å². The quantitative estimate of drug-likeness (QED) is 0.888. The third-order valence-corrected chi connectivity index (χ3v) is 6.30. The average Bonchev–Trinajstić information content (AvgIpc) is 3.28. The lowest BCUT2D eigenvalue weighted by Crippen LogP contribution is -2.32. The summed E-state index contributed by atoms with van der Waals surface area (Å²) in [4.78, 5) is 12.5. The van der Waals surface area contributed by atoms with Gasteiger partial charge in [-0.25, -0.2) is 13.2 Å². The predicted octanol–water partition coefficient (Wildman–Crippen LogP) is 2.94. The first kappa shape index (κ1) is 16.1. The molecule has 2 aromatic carbocycles. The largest absolute Gasteiger partial charge is 0.334 e. The molecular formula is C19H20N2O3S. The molecule has 3 atom stereocenters. The maximum absolute atomic E-state index is 12.3. The van der Waals surface area contributed by atoms with Gasteiger partial charge in [0.15, 0.2) is 9.84 Å². The second-order valence-corrected chi connectivity index (χ2v) is 8.86. The van der Waals surface area contributed by atoms with Gasteiger partial charge in [-0.2, -0.15) is 0 Å². The molecule has 0 radical (unpaired) electrons. The Hall–Kier alpha value is -2.34. The van der Waals surface area contributed by atoms with Gasteiger partial charge in [0.1, 0.15) is 0 Å². The van der Waals surface area contributed by atoms with Crippen LogP contribution >= 0.6 is 0 Å². The molecule has 2 aliphatic carbocycles. The minimum absolute atomic E-state index is 0.180. The zero-order valence-corrected chi connectivity index (χ0v) is 14.7. The molecule has 0 spiro atoms. The minimum Gasteiger partial charge on any atom is -0.334 e. The van der Waals surface area contributed by atoms with Crippen molar-refractivity contribution in [2.75, 3.05) is 11.6 Å². The van der Waals surface area contributed by atoms with Crippen LogP contribution in [0.5, 0.6) is 0 Å². The van der Waals surface area contributed by atoms with Gasteiger partial charge < -0.3 is 10.6 Å². The first-order valence-electron chi connectivity index (χ1n) is 8.39. The number of benzene rings is 2. The van der Waals surface area contributed by atoms with Crippen LogP contribution in [0.15, 0.2) is 53.4 Å². The second kappa shape index (κ2) is 5.88. The molecule has 0 aromatic heterocycles. The number of urea groups is 1. The number of fused-ring (bicyclic) bond motifs is 3. The summed E-state index contributed by atoms with van der Waals surface area (Å²) in [5, 5.41) is 5.84. The van der Waals surface area contributed by atoms with E-state index >= 15 is 0 Å². The molecule has 0 saturated heterocycles. The van der Waals surface area contributed by atoms with Gasteiger partial charge in [0.2, 0.25) is 0 Å². The fraction of sp³-hybridized carbons (Fsp3) is 0.316. The standard InChI is InChI=1S/C19H20N2O3S/c1-25(23,24)14-9-7-13(8-10-14)20-19(22)21-18-16-11-6-12-4-2-3-5-15(12)17(16)18/h2-5,7-10,16-18H,6,11H2,1H3,(H2,20,21,22). The van der Waals surface area contributed by atoms with Gasteiger partial charge in [0.05, 0.1) is 4.90 Å². The van der Waals surface area contributed by atoms with Crippen LogP contribution in [0.4, 0.5) is 10.5 Å². The van der Waals surface area contributed by atoms with Crippen molar-refractivity contribution < 1.29 is 13.2 Å². The van der Waals surface area contributed by atoms with Crippen LogP contribution in [0.25, 0.3) is 0 Å².